The van der Waals surface area contributed by atoms with Crippen LogP contribution in [0.2, 0.25) is 0 Å². The van der Waals surface area contributed by atoms with Crippen molar-refractivity contribution < 1.29 is 42.5 Å². The number of benzene rings is 2. The Morgan fingerprint density at radius 2 is 1.62 bits per heavy atom. The molecule has 1 heterocycles. The third-order valence-corrected chi connectivity index (χ3v) is 6.01. The van der Waals surface area contributed by atoms with Crippen LogP contribution in [0.25, 0.3) is 0 Å². The van der Waals surface area contributed by atoms with Crippen LogP contribution in [0.4, 0.5) is 4.39 Å². The Morgan fingerprint density at radius 3 is 2.25 bits per heavy atom. The Kier molecular flexibility index (Phi) is 10.2. The smallest absolute Gasteiger partial charge is 0.309 e. The molecule has 0 amide bonds. The normalized spacial score (nSPS) is 13.0. The van der Waals surface area contributed by atoms with E-state index in [4.69, 9.17) is 23.7 Å². The third kappa shape index (κ3) is 7.56. The van der Waals surface area contributed by atoms with Crippen molar-refractivity contribution in [3.05, 3.63) is 77.4 Å². The van der Waals surface area contributed by atoms with Gasteiger partial charge in [0.15, 0.2) is 23.3 Å². The molecule has 0 spiro atoms. The molecule has 0 bridgehead atoms. The fourth-order valence-electron chi connectivity index (χ4n) is 3.95. The molecular weight excluding hydrogens is 521 g/mol. The van der Waals surface area contributed by atoms with Gasteiger partial charge < -0.3 is 23.7 Å². The van der Waals surface area contributed by atoms with Gasteiger partial charge in [0.05, 0.1) is 20.1 Å². The first kappa shape index (κ1) is 30.1. The van der Waals surface area contributed by atoms with Gasteiger partial charge in [0, 0.05) is 37.2 Å². The average molecular weight is 554 g/mol. The van der Waals surface area contributed by atoms with Crippen molar-refractivity contribution in [1.29, 1.82) is 0 Å². The minimum Gasteiger partial charge on any atom is -0.496 e. The van der Waals surface area contributed by atoms with Crippen LogP contribution in [0.1, 0.15) is 54.9 Å². The number of pyridine rings is 1. The van der Waals surface area contributed by atoms with E-state index >= 15 is 0 Å². The van der Waals surface area contributed by atoms with Gasteiger partial charge in [-0.3, -0.25) is 14.4 Å². The largest absolute Gasteiger partial charge is 0.496 e. The Hall–Kier alpha value is -4.47. The zero-order chi connectivity index (χ0) is 29.4. The fourth-order valence-corrected chi connectivity index (χ4v) is 3.95. The quantitative estimate of drug-likeness (QED) is 0.214. The second-order valence-electron chi connectivity index (χ2n) is 9.19. The van der Waals surface area contributed by atoms with Gasteiger partial charge in [0.1, 0.15) is 23.4 Å². The van der Waals surface area contributed by atoms with E-state index in [9.17, 15) is 18.8 Å². The molecule has 1 aromatic heterocycles. The van der Waals surface area contributed by atoms with Crippen LogP contribution in [-0.4, -0.2) is 43.0 Å². The summed E-state index contributed by atoms with van der Waals surface area (Å²) in [6, 6.07) is 12.7. The topological polar surface area (TPSA) is 110 Å². The Balaban J connectivity index is 1.81. The maximum atomic E-state index is 13.9. The highest BCUT2D eigenvalue weighted by Crippen LogP contribution is 2.35. The minimum atomic E-state index is -0.886. The van der Waals surface area contributed by atoms with Gasteiger partial charge in [0.2, 0.25) is 5.75 Å². The molecule has 3 aromatic rings. The lowest BCUT2D eigenvalue weighted by Gasteiger charge is -2.27. The standard InChI is InChI=1S/C30H32FNO8/c1-17-7-10-22(11-8-17)40-28(23-12-9-21(31)16-26(23)37-6)19(3)38-30(35)18(2)15-24(34)27-29(39-20(4)33)25(36-5)13-14-32-27/h7-14,16,18-19,28H,15H2,1-6H3/t18-,19+,28+/m1/s1. The van der Waals surface area contributed by atoms with E-state index < -0.39 is 41.7 Å². The first-order valence-electron chi connectivity index (χ1n) is 12.6. The molecule has 3 rings (SSSR count). The first-order chi connectivity index (χ1) is 19.0. The molecule has 0 fully saturated rings. The molecule has 10 heteroatoms. The lowest BCUT2D eigenvalue weighted by Crippen LogP contribution is -2.30. The summed E-state index contributed by atoms with van der Waals surface area (Å²) in [7, 11) is 2.77. The van der Waals surface area contributed by atoms with Gasteiger partial charge in [-0.25, -0.2) is 9.37 Å². The van der Waals surface area contributed by atoms with Gasteiger partial charge in [-0.05, 0) is 38.1 Å². The predicted octanol–water partition coefficient (Wildman–Crippen LogP) is 5.43. The van der Waals surface area contributed by atoms with Crippen molar-refractivity contribution in [1.82, 2.24) is 4.98 Å². The molecule has 40 heavy (non-hydrogen) atoms. The van der Waals surface area contributed by atoms with E-state index in [1.807, 2.05) is 19.1 Å². The Bertz CT molecular complexity index is 1360. The number of nitrogens with zero attached hydrogens (tertiary/aromatic N) is 1. The van der Waals surface area contributed by atoms with E-state index in [2.05, 4.69) is 4.98 Å². The summed E-state index contributed by atoms with van der Waals surface area (Å²) in [5.74, 6) is -2.48. The van der Waals surface area contributed by atoms with Crippen LogP contribution in [0.5, 0.6) is 23.0 Å². The van der Waals surface area contributed by atoms with Crippen molar-refractivity contribution in [2.24, 2.45) is 5.92 Å². The number of esters is 2. The highest BCUT2D eigenvalue weighted by molar-refractivity contribution is 5.99. The van der Waals surface area contributed by atoms with Crippen LogP contribution >= 0.6 is 0 Å². The number of aryl methyl sites for hydroxylation is 1. The number of methoxy groups -OCH3 is 2. The number of carbonyl (C=O) groups is 3. The second kappa shape index (κ2) is 13.5. The highest BCUT2D eigenvalue weighted by atomic mass is 19.1. The summed E-state index contributed by atoms with van der Waals surface area (Å²) >= 11 is 0. The molecule has 0 radical (unpaired) electrons. The zero-order valence-corrected chi connectivity index (χ0v) is 23.2. The Morgan fingerprint density at radius 1 is 0.950 bits per heavy atom. The van der Waals surface area contributed by atoms with Gasteiger partial charge >= 0.3 is 11.9 Å². The molecule has 2 aromatic carbocycles. The minimum absolute atomic E-state index is 0.119. The third-order valence-electron chi connectivity index (χ3n) is 6.01. The molecule has 212 valence electrons. The van der Waals surface area contributed by atoms with Gasteiger partial charge in [0.25, 0.3) is 0 Å². The zero-order valence-electron chi connectivity index (χ0n) is 23.2. The summed E-state index contributed by atoms with van der Waals surface area (Å²) in [6.45, 7) is 6.30. The number of halogens is 1. The molecule has 0 aliphatic carbocycles. The number of aromatic nitrogens is 1. The number of carbonyl (C=O) groups excluding carboxylic acids is 3. The summed E-state index contributed by atoms with van der Waals surface area (Å²) < 4.78 is 41.5. The lowest BCUT2D eigenvalue weighted by molar-refractivity contribution is -0.157. The van der Waals surface area contributed by atoms with Crippen molar-refractivity contribution in [2.45, 2.75) is 46.3 Å². The second-order valence-corrected chi connectivity index (χ2v) is 9.19. The van der Waals surface area contributed by atoms with Gasteiger partial charge in [-0.1, -0.05) is 24.6 Å². The SMILES string of the molecule is COc1cc(F)ccc1[C@@H](Oc1ccc(C)cc1)[C@H](C)OC(=O)[C@H](C)CC(=O)c1nccc(OC)c1OC(C)=O. The molecule has 0 N–H and O–H groups in total. The highest BCUT2D eigenvalue weighted by Gasteiger charge is 2.31. The van der Waals surface area contributed by atoms with E-state index in [0.29, 0.717) is 11.3 Å². The monoisotopic (exact) mass is 553 g/mol. The number of rotatable bonds is 12. The van der Waals surface area contributed by atoms with Gasteiger partial charge in [-0.15, -0.1) is 0 Å². The van der Waals surface area contributed by atoms with Crippen LogP contribution in [0, 0.1) is 18.7 Å². The summed E-state index contributed by atoms with van der Waals surface area (Å²) in [5.41, 5.74) is 1.36. The molecule has 0 aliphatic heterocycles. The van der Waals surface area contributed by atoms with Crippen LogP contribution in [0.3, 0.4) is 0 Å². The summed E-state index contributed by atoms with van der Waals surface area (Å²) in [4.78, 5) is 41.8. The van der Waals surface area contributed by atoms with Crippen molar-refractivity contribution >= 4 is 17.7 Å². The lowest BCUT2D eigenvalue weighted by atomic mass is 10.0. The number of ether oxygens (including phenoxy) is 5. The van der Waals surface area contributed by atoms with E-state index in [1.54, 1.807) is 19.1 Å². The van der Waals surface area contributed by atoms with Gasteiger partial charge in [-0.2, -0.15) is 0 Å². The Labute approximate surface area is 232 Å². The molecule has 0 unspecified atom stereocenters. The van der Waals surface area contributed by atoms with Crippen molar-refractivity contribution in [3.8, 4) is 23.0 Å². The molecule has 3 atom stereocenters. The van der Waals surface area contributed by atoms with Crippen LogP contribution in [-0.2, 0) is 14.3 Å². The van der Waals surface area contributed by atoms with Crippen molar-refractivity contribution in [2.75, 3.05) is 14.2 Å². The fraction of sp³-hybridized carbons (Fsp3) is 0.333. The predicted molar refractivity (Wildman–Crippen MR) is 143 cm³/mol. The molecule has 0 aliphatic rings. The van der Waals surface area contributed by atoms with Crippen LogP contribution < -0.4 is 18.9 Å². The van der Waals surface area contributed by atoms with E-state index in [-0.39, 0.29) is 29.4 Å². The number of hydrogen-bond acceptors (Lipinski definition) is 9. The summed E-state index contributed by atoms with van der Waals surface area (Å²) in [6.07, 6.45) is -0.658. The van der Waals surface area contributed by atoms with Crippen molar-refractivity contribution in [3.63, 3.8) is 0 Å². The van der Waals surface area contributed by atoms with E-state index in [1.165, 1.54) is 58.5 Å². The molecular formula is C30H32FNO8. The van der Waals surface area contributed by atoms with E-state index in [0.717, 1.165) is 5.56 Å². The molecule has 9 nitrogen and oxygen atoms in total. The maximum Gasteiger partial charge on any atom is 0.309 e. The molecule has 0 saturated carbocycles. The average Bonchev–Trinajstić information content (AvgIpc) is 2.92. The number of ketones is 1. The van der Waals surface area contributed by atoms with Crippen LogP contribution in [0.15, 0.2) is 54.7 Å². The summed E-state index contributed by atoms with van der Waals surface area (Å²) in [5, 5.41) is 0. The first-order valence-corrected chi connectivity index (χ1v) is 12.6. The maximum absolute atomic E-state index is 13.9. The molecule has 0 saturated heterocycles. The number of Topliss-reactive ketones (excluding diaryl/α,β-unsaturated/α-hetero) is 1. The number of hydrogen-bond donors (Lipinski definition) is 0.